The normalized spacial score (nSPS) is 16.8. The van der Waals surface area contributed by atoms with Gasteiger partial charge in [0.1, 0.15) is 11.9 Å². The molecule has 0 N–H and O–H groups in total. The lowest BCUT2D eigenvalue weighted by Gasteiger charge is -2.38. The fourth-order valence-electron chi connectivity index (χ4n) is 3.06. The van der Waals surface area contributed by atoms with E-state index in [1.165, 1.54) is 0 Å². The Hall–Kier alpha value is -2.35. The summed E-state index contributed by atoms with van der Waals surface area (Å²) >= 11 is 0. The molecule has 1 saturated heterocycles. The first-order valence-electron chi connectivity index (χ1n) is 8.62. The topological polar surface area (TPSA) is 51.0 Å². The van der Waals surface area contributed by atoms with Crippen molar-refractivity contribution in [1.82, 2.24) is 4.90 Å². The maximum Gasteiger partial charge on any atom is 0.410 e. The lowest BCUT2D eigenvalue weighted by Crippen LogP contribution is -2.46. The smallest absolute Gasteiger partial charge is 0.410 e. The van der Waals surface area contributed by atoms with Gasteiger partial charge in [-0.2, -0.15) is 0 Å². The molecule has 0 aromatic heterocycles. The number of piperidine rings is 1. The molecule has 134 valence electrons. The van der Waals surface area contributed by atoms with Crippen LogP contribution in [0, 0.1) is 12.0 Å². The number of aldehydes is 1. The molecule has 1 aromatic rings. The Morgan fingerprint density at radius 3 is 2.28 bits per heavy atom. The van der Waals surface area contributed by atoms with Crippen LogP contribution in [-0.4, -0.2) is 36.0 Å². The number of rotatable bonds is 4. The van der Waals surface area contributed by atoms with E-state index in [0.717, 1.165) is 17.4 Å². The van der Waals surface area contributed by atoms with E-state index in [4.69, 9.17) is 11.3 Å². The Morgan fingerprint density at radius 2 is 1.80 bits per heavy atom. The van der Waals surface area contributed by atoms with Crippen molar-refractivity contribution in [2.75, 3.05) is 13.1 Å². The molecular formula is C20H26N2O3. The van der Waals surface area contributed by atoms with Gasteiger partial charge in [-0.15, -0.1) is 0 Å². The predicted octanol–water partition coefficient (Wildman–Crippen LogP) is 3.86. The quantitative estimate of drug-likeness (QED) is 0.616. The highest BCUT2D eigenvalue weighted by Gasteiger charge is 2.37. The van der Waals surface area contributed by atoms with Gasteiger partial charge in [0.05, 0.1) is 0 Å². The summed E-state index contributed by atoms with van der Waals surface area (Å²) in [7, 11) is 0. The number of hydrogen-bond acceptors (Lipinski definition) is 3. The van der Waals surface area contributed by atoms with Gasteiger partial charge in [0.25, 0.3) is 0 Å². The molecule has 1 amide bonds. The lowest BCUT2D eigenvalue weighted by atomic mass is 9.75. The number of hydrogen-bond donors (Lipinski definition) is 0. The molecule has 2 rings (SSSR count). The van der Waals surface area contributed by atoms with E-state index in [2.05, 4.69) is 4.85 Å². The number of likely N-dealkylation sites (tertiary alicyclic amines) is 1. The highest BCUT2D eigenvalue weighted by Crippen LogP contribution is 2.33. The molecule has 0 saturated carbocycles. The van der Waals surface area contributed by atoms with Gasteiger partial charge in [0.15, 0.2) is 0 Å². The van der Waals surface area contributed by atoms with Crippen LogP contribution in [0.1, 0.15) is 44.7 Å². The Labute approximate surface area is 149 Å². The summed E-state index contributed by atoms with van der Waals surface area (Å²) in [6.07, 6.45) is 2.68. The fraction of sp³-hybridized carbons (Fsp3) is 0.550. The van der Waals surface area contributed by atoms with Crippen molar-refractivity contribution in [2.45, 2.75) is 52.2 Å². The molecule has 5 heteroatoms. The van der Waals surface area contributed by atoms with Gasteiger partial charge >= 0.3 is 6.09 Å². The van der Waals surface area contributed by atoms with Crippen molar-refractivity contribution in [1.29, 1.82) is 0 Å². The molecule has 0 bridgehead atoms. The van der Waals surface area contributed by atoms with Gasteiger partial charge in [-0.1, -0.05) is 24.3 Å². The van der Waals surface area contributed by atoms with Crippen LogP contribution in [0.2, 0.25) is 0 Å². The minimum atomic E-state index is -0.511. The van der Waals surface area contributed by atoms with Crippen molar-refractivity contribution in [2.24, 2.45) is 5.41 Å². The van der Waals surface area contributed by atoms with Crippen molar-refractivity contribution < 1.29 is 14.3 Å². The van der Waals surface area contributed by atoms with E-state index in [-0.39, 0.29) is 6.09 Å². The average molecular weight is 342 g/mol. The van der Waals surface area contributed by atoms with E-state index in [1.807, 2.05) is 45.0 Å². The third kappa shape index (κ3) is 5.32. The molecule has 25 heavy (non-hydrogen) atoms. The Kier molecular flexibility index (Phi) is 5.84. The Morgan fingerprint density at radius 1 is 1.24 bits per heavy atom. The number of nitrogens with zero attached hydrogens (tertiary/aromatic N) is 2. The first-order chi connectivity index (χ1) is 11.8. The number of amides is 1. The summed E-state index contributed by atoms with van der Waals surface area (Å²) in [5, 5.41) is 0. The van der Waals surface area contributed by atoms with Crippen LogP contribution >= 0.6 is 0 Å². The average Bonchev–Trinajstić information content (AvgIpc) is 2.56. The molecule has 0 spiro atoms. The number of carbonyl (C=O) groups is 2. The zero-order valence-corrected chi connectivity index (χ0v) is 15.2. The minimum absolute atomic E-state index is 0.310. The van der Waals surface area contributed by atoms with Crippen LogP contribution < -0.4 is 0 Å². The number of ether oxygens (including phenoxy) is 1. The third-order valence-corrected chi connectivity index (χ3v) is 4.50. The number of carbonyl (C=O) groups excluding carboxylic acids is 2. The molecule has 0 atom stereocenters. The number of benzene rings is 1. The first kappa shape index (κ1) is 19.0. The van der Waals surface area contributed by atoms with Crippen LogP contribution in [0.3, 0.4) is 0 Å². The van der Waals surface area contributed by atoms with Gasteiger partial charge < -0.3 is 19.3 Å². The third-order valence-electron chi connectivity index (χ3n) is 4.50. The molecule has 1 heterocycles. The molecule has 0 radical (unpaired) electrons. The molecule has 1 aromatic carbocycles. The zero-order chi connectivity index (χ0) is 18.5. The van der Waals surface area contributed by atoms with E-state index < -0.39 is 11.0 Å². The maximum absolute atomic E-state index is 12.2. The summed E-state index contributed by atoms with van der Waals surface area (Å²) in [5.41, 5.74) is 1.13. The second kappa shape index (κ2) is 7.69. The molecule has 0 unspecified atom stereocenters. The van der Waals surface area contributed by atoms with E-state index in [0.29, 0.717) is 38.9 Å². The Balaban J connectivity index is 1.98. The summed E-state index contributed by atoms with van der Waals surface area (Å²) in [6, 6.07) is 7.88. The van der Waals surface area contributed by atoms with Crippen molar-refractivity contribution in [3.8, 4) is 0 Å². The van der Waals surface area contributed by atoms with E-state index in [9.17, 15) is 9.59 Å². The van der Waals surface area contributed by atoms with Crippen LogP contribution in [0.5, 0.6) is 0 Å². The van der Waals surface area contributed by atoms with Crippen LogP contribution in [-0.2, 0) is 22.5 Å². The van der Waals surface area contributed by atoms with E-state index >= 15 is 0 Å². The zero-order valence-electron chi connectivity index (χ0n) is 15.2. The highest BCUT2D eigenvalue weighted by atomic mass is 16.6. The largest absolute Gasteiger partial charge is 0.444 e. The monoisotopic (exact) mass is 342 g/mol. The molecular weight excluding hydrogens is 316 g/mol. The SMILES string of the molecule is [C-]#[N+]Cc1ccc(CC2(C=O)CCN(C(=O)OC(C)(C)C)CC2)cc1. The van der Waals surface area contributed by atoms with Gasteiger partial charge in [-0.25, -0.2) is 11.4 Å². The van der Waals surface area contributed by atoms with Gasteiger partial charge in [-0.3, -0.25) is 0 Å². The van der Waals surface area contributed by atoms with Crippen molar-refractivity contribution in [3.63, 3.8) is 0 Å². The molecule has 0 aliphatic carbocycles. The van der Waals surface area contributed by atoms with E-state index in [1.54, 1.807) is 4.90 Å². The summed E-state index contributed by atoms with van der Waals surface area (Å²) in [5.74, 6) is 0. The Bertz CT molecular complexity index is 645. The van der Waals surface area contributed by atoms with Crippen LogP contribution in [0.25, 0.3) is 4.85 Å². The fourth-order valence-corrected chi connectivity index (χ4v) is 3.06. The second-order valence-electron chi connectivity index (χ2n) is 7.76. The van der Waals surface area contributed by atoms with Gasteiger partial charge in [0, 0.05) is 24.1 Å². The highest BCUT2D eigenvalue weighted by molar-refractivity contribution is 5.69. The molecule has 1 aliphatic rings. The van der Waals surface area contributed by atoms with Crippen LogP contribution in [0.4, 0.5) is 4.79 Å². The van der Waals surface area contributed by atoms with Crippen molar-refractivity contribution >= 4 is 12.4 Å². The van der Waals surface area contributed by atoms with Crippen molar-refractivity contribution in [3.05, 3.63) is 46.8 Å². The first-order valence-corrected chi connectivity index (χ1v) is 8.62. The summed E-state index contributed by atoms with van der Waals surface area (Å²) in [4.78, 5) is 29.0. The van der Waals surface area contributed by atoms with Gasteiger partial charge in [0.2, 0.25) is 6.54 Å². The summed E-state index contributed by atoms with van der Waals surface area (Å²) in [6.45, 7) is 13.9. The maximum atomic E-state index is 12.2. The predicted molar refractivity (Wildman–Crippen MR) is 96.0 cm³/mol. The van der Waals surface area contributed by atoms with Gasteiger partial charge in [-0.05, 0) is 45.6 Å². The van der Waals surface area contributed by atoms with Crippen LogP contribution in [0.15, 0.2) is 24.3 Å². The minimum Gasteiger partial charge on any atom is -0.444 e. The molecule has 1 fully saturated rings. The molecule has 5 nitrogen and oxygen atoms in total. The summed E-state index contributed by atoms with van der Waals surface area (Å²) < 4.78 is 5.41. The molecule has 1 aliphatic heterocycles. The second-order valence-corrected chi connectivity index (χ2v) is 7.76. The standard InChI is InChI=1S/C20H26N2O3/c1-19(2,3)25-18(24)22-11-9-20(15-23,10-12-22)13-16-5-7-17(8-6-16)14-21-4/h5-8,15H,9-14H2,1-3H3. The lowest BCUT2D eigenvalue weighted by molar-refractivity contribution is -0.118.